The minimum atomic E-state index is -0.350. The third kappa shape index (κ3) is 5.29. The van der Waals surface area contributed by atoms with Crippen LogP contribution in [0.1, 0.15) is 5.56 Å². The lowest BCUT2D eigenvalue weighted by Gasteiger charge is -2.16. The predicted octanol–water partition coefficient (Wildman–Crippen LogP) is 1.52. The van der Waals surface area contributed by atoms with E-state index in [1.165, 1.54) is 12.1 Å². The number of methoxy groups -OCH3 is 1. The molecule has 0 saturated heterocycles. The van der Waals surface area contributed by atoms with Crippen molar-refractivity contribution in [1.29, 1.82) is 0 Å². The Kier molecular flexibility index (Phi) is 7.15. The van der Waals surface area contributed by atoms with Crippen molar-refractivity contribution in [3.05, 3.63) is 34.6 Å². The first-order valence-corrected chi connectivity index (χ1v) is 6.02. The summed E-state index contributed by atoms with van der Waals surface area (Å²) in [6.45, 7) is 1.48. The first-order valence-electron chi connectivity index (χ1n) is 5.64. The zero-order valence-corrected chi connectivity index (χ0v) is 11.0. The Bertz CT molecular complexity index is 366. The predicted molar refractivity (Wildman–Crippen MR) is 68.9 cm³/mol. The Morgan fingerprint density at radius 1 is 1.44 bits per heavy atom. The second kappa shape index (κ2) is 8.39. The molecular formula is C12H18ClFN2O2. The van der Waals surface area contributed by atoms with Gasteiger partial charge in [0, 0.05) is 18.2 Å². The van der Waals surface area contributed by atoms with Gasteiger partial charge in [0.2, 0.25) is 0 Å². The lowest BCUT2D eigenvalue weighted by atomic mass is 10.1. The van der Waals surface area contributed by atoms with Crippen LogP contribution in [0, 0.1) is 5.82 Å². The molecule has 1 aromatic carbocycles. The maximum Gasteiger partial charge on any atom is 0.124 e. The van der Waals surface area contributed by atoms with Gasteiger partial charge in [-0.25, -0.2) is 4.39 Å². The Hall–Kier alpha value is -0.720. The molecule has 4 nitrogen and oxygen atoms in total. The van der Waals surface area contributed by atoms with E-state index in [0.717, 1.165) is 5.56 Å². The van der Waals surface area contributed by atoms with Crippen LogP contribution in [0.5, 0.6) is 0 Å². The van der Waals surface area contributed by atoms with Gasteiger partial charge < -0.3 is 9.47 Å². The number of nitrogens with two attached hydrogens (primary N) is 1. The molecule has 0 fully saturated rings. The van der Waals surface area contributed by atoms with Crippen LogP contribution in [0.25, 0.3) is 0 Å². The number of halogens is 2. The van der Waals surface area contributed by atoms with Crippen LogP contribution in [-0.4, -0.2) is 33.0 Å². The lowest BCUT2D eigenvalue weighted by Crippen LogP contribution is -2.40. The molecule has 3 N–H and O–H groups in total. The van der Waals surface area contributed by atoms with Crippen LogP contribution in [0.4, 0.5) is 4.39 Å². The summed E-state index contributed by atoms with van der Waals surface area (Å²) in [5.74, 6) is 5.09. The van der Waals surface area contributed by atoms with Crippen LogP contribution in [0.15, 0.2) is 18.2 Å². The van der Waals surface area contributed by atoms with Crippen LogP contribution >= 0.6 is 11.6 Å². The average Bonchev–Trinajstić information content (AvgIpc) is 2.35. The monoisotopic (exact) mass is 276 g/mol. The van der Waals surface area contributed by atoms with Crippen molar-refractivity contribution in [3.8, 4) is 0 Å². The fourth-order valence-corrected chi connectivity index (χ4v) is 1.73. The summed E-state index contributed by atoms with van der Waals surface area (Å²) in [7, 11) is 1.61. The number of hydrazine groups is 1. The Labute approximate surface area is 111 Å². The van der Waals surface area contributed by atoms with Crippen molar-refractivity contribution < 1.29 is 13.9 Å². The van der Waals surface area contributed by atoms with E-state index in [2.05, 4.69) is 5.43 Å². The summed E-state index contributed by atoms with van der Waals surface area (Å²) in [5.41, 5.74) is 3.48. The maximum atomic E-state index is 12.9. The van der Waals surface area contributed by atoms with Crippen molar-refractivity contribution >= 4 is 11.6 Å². The molecule has 1 unspecified atom stereocenters. The molecule has 0 radical (unpaired) electrons. The van der Waals surface area contributed by atoms with Gasteiger partial charge >= 0.3 is 0 Å². The summed E-state index contributed by atoms with van der Waals surface area (Å²) < 4.78 is 23.1. The van der Waals surface area contributed by atoms with Gasteiger partial charge in [-0.05, 0) is 24.1 Å². The normalized spacial score (nSPS) is 12.7. The molecule has 0 amide bonds. The van der Waals surface area contributed by atoms with E-state index in [-0.39, 0.29) is 11.9 Å². The number of nitrogens with one attached hydrogen (secondary N) is 1. The first-order chi connectivity index (χ1) is 8.67. The van der Waals surface area contributed by atoms with Crippen LogP contribution in [-0.2, 0) is 15.9 Å². The standard InChI is InChI=1S/C12H18ClFN2O2/c1-17-4-5-18-8-11(16-15)6-9-2-3-10(14)7-12(9)13/h2-3,7,11,16H,4-6,8,15H2,1H3. The Balaban J connectivity index is 2.46. The molecule has 0 saturated carbocycles. The van der Waals surface area contributed by atoms with Gasteiger partial charge in [-0.15, -0.1) is 0 Å². The maximum absolute atomic E-state index is 12.9. The van der Waals surface area contributed by atoms with Gasteiger partial charge in [0.15, 0.2) is 0 Å². The second-order valence-corrected chi connectivity index (χ2v) is 4.28. The summed E-state index contributed by atoms with van der Waals surface area (Å²) in [5, 5.41) is 0.396. The summed E-state index contributed by atoms with van der Waals surface area (Å²) in [4.78, 5) is 0. The molecule has 18 heavy (non-hydrogen) atoms. The molecule has 0 heterocycles. The van der Waals surface area contributed by atoms with Crippen molar-refractivity contribution in [1.82, 2.24) is 5.43 Å². The molecule has 0 bridgehead atoms. The molecule has 0 aliphatic carbocycles. The highest BCUT2D eigenvalue weighted by Crippen LogP contribution is 2.18. The van der Waals surface area contributed by atoms with Gasteiger partial charge in [0.1, 0.15) is 5.82 Å². The Morgan fingerprint density at radius 2 is 2.22 bits per heavy atom. The van der Waals surface area contributed by atoms with Crippen LogP contribution < -0.4 is 11.3 Å². The fraction of sp³-hybridized carbons (Fsp3) is 0.500. The first kappa shape index (κ1) is 15.3. The number of benzene rings is 1. The third-order valence-corrected chi connectivity index (χ3v) is 2.82. The lowest BCUT2D eigenvalue weighted by molar-refractivity contribution is 0.0587. The SMILES string of the molecule is COCCOCC(Cc1ccc(F)cc1Cl)NN. The van der Waals surface area contributed by atoms with Crippen molar-refractivity contribution in [2.24, 2.45) is 5.84 Å². The summed E-state index contributed by atoms with van der Waals surface area (Å²) in [6.07, 6.45) is 0.572. The number of hydrogen-bond donors (Lipinski definition) is 2. The smallest absolute Gasteiger partial charge is 0.124 e. The van der Waals surface area contributed by atoms with E-state index < -0.39 is 0 Å². The summed E-state index contributed by atoms with van der Waals surface area (Å²) in [6, 6.07) is 4.23. The van der Waals surface area contributed by atoms with E-state index >= 15 is 0 Å². The van der Waals surface area contributed by atoms with Crippen molar-refractivity contribution in [2.45, 2.75) is 12.5 Å². The minimum Gasteiger partial charge on any atom is -0.382 e. The number of ether oxygens (including phenoxy) is 2. The van der Waals surface area contributed by atoms with E-state index in [1.807, 2.05) is 0 Å². The molecule has 0 aliphatic heterocycles. The zero-order chi connectivity index (χ0) is 13.4. The molecule has 6 heteroatoms. The highest BCUT2D eigenvalue weighted by molar-refractivity contribution is 6.31. The van der Waals surface area contributed by atoms with E-state index in [0.29, 0.717) is 31.3 Å². The number of hydrogen-bond acceptors (Lipinski definition) is 4. The zero-order valence-electron chi connectivity index (χ0n) is 10.3. The van der Waals surface area contributed by atoms with Crippen molar-refractivity contribution in [3.63, 3.8) is 0 Å². The fourth-order valence-electron chi connectivity index (χ4n) is 1.49. The molecule has 102 valence electrons. The van der Waals surface area contributed by atoms with Gasteiger partial charge in [-0.2, -0.15) is 0 Å². The largest absolute Gasteiger partial charge is 0.382 e. The third-order valence-electron chi connectivity index (χ3n) is 2.47. The van der Waals surface area contributed by atoms with E-state index in [4.69, 9.17) is 26.9 Å². The molecular weight excluding hydrogens is 259 g/mol. The molecule has 1 atom stereocenters. The highest BCUT2D eigenvalue weighted by Gasteiger charge is 2.11. The van der Waals surface area contributed by atoms with Gasteiger partial charge in [0.25, 0.3) is 0 Å². The van der Waals surface area contributed by atoms with Gasteiger partial charge in [0.05, 0.1) is 19.8 Å². The molecule has 0 aromatic heterocycles. The van der Waals surface area contributed by atoms with E-state index in [1.54, 1.807) is 13.2 Å². The minimum absolute atomic E-state index is 0.0789. The molecule has 0 spiro atoms. The molecule has 1 aromatic rings. The average molecular weight is 277 g/mol. The van der Waals surface area contributed by atoms with Crippen LogP contribution in [0.3, 0.4) is 0 Å². The Morgan fingerprint density at radius 3 is 2.83 bits per heavy atom. The molecule has 1 rings (SSSR count). The highest BCUT2D eigenvalue weighted by atomic mass is 35.5. The van der Waals surface area contributed by atoms with Gasteiger partial charge in [-0.3, -0.25) is 11.3 Å². The van der Waals surface area contributed by atoms with Gasteiger partial charge in [-0.1, -0.05) is 17.7 Å². The van der Waals surface area contributed by atoms with Crippen LogP contribution in [0.2, 0.25) is 5.02 Å². The summed E-state index contributed by atoms with van der Waals surface area (Å²) >= 11 is 5.94. The number of rotatable bonds is 8. The van der Waals surface area contributed by atoms with Crippen molar-refractivity contribution in [2.75, 3.05) is 26.9 Å². The molecule has 0 aliphatic rings. The second-order valence-electron chi connectivity index (χ2n) is 3.87. The quantitative estimate of drug-likeness (QED) is 0.429. The van der Waals surface area contributed by atoms with E-state index in [9.17, 15) is 4.39 Å². The topological polar surface area (TPSA) is 56.5 Å².